The molecule has 4 nitrogen and oxygen atoms in total. The summed E-state index contributed by atoms with van der Waals surface area (Å²) in [5.74, 6) is -1.34. The van der Waals surface area contributed by atoms with Crippen molar-refractivity contribution in [3.05, 3.63) is 48.6 Å². The first kappa shape index (κ1) is 44.1. The van der Waals surface area contributed by atoms with Crippen molar-refractivity contribution in [2.45, 2.75) is 168 Å². The summed E-state index contributed by atoms with van der Waals surface area (Å²) in [6.07, 6.45) is 44.6. The highest BCUT2D eigenvalue weighted by molar-refractivity contribution is 5.75. The fraction of sp³-hybridized carbons (Fsp3) is 0.722. The van der Waals surface area contributed by atoms with E-state index in [0.29, 0.717) is 12.8 Å². The van der Waals surface area contributed by atoms with Crippen LogP contribution in [0.5, 0.6) is 0 Å². The predicted octanol–water partition coefficient (Wildman–Crippen LogP) is 11.4. The van der Waals surface area contributed by atoms with Crippen LogP contribution in [0.15, 0.2) is 48.6 Å². The number of carboxylic acids is 2. The molecule has 41 heavy (non-hydrogen) atoms. The van der Waals surface area contributed by atoms with E-state index in [-0.39, 0.29) is 23.1 Å². The number of aliphatic carboxylic acids is 2. The van der Waals surface area contributed by atoms with Crippen LogP contribution in [0.3, 0.4) is 0 Å². The van der Waals surface area contributed by atoms with Gasteiger partial charge in [-0.25, -0.2) is 0 Å². The minimum atomic E-state index is -0.671. The molecular weight excluding hydrogens is 521 g/mol. The first-order valence-electron chi connectivity index (χ1n) is 16.6. The number of carbonyl (C=O) groups is 2. The Morgan fingerprint density at radius 1 is 0.415 bits per heavy atom. The minimum absolute atomic E-state index is 0. The van der Waals surface area contributed by atoms with Gasteiger partial charge in [0.1, 0.15) is 0 Å². The van der Waals surface area contributed by atoms with Crippen LogP contribution in [0.1, 0.15) is 168 Å². The smallest absolute Gasteiger partial charge is 0.303 e. The number of hydrogen-bond donors (Lipinski definition) is 2. The van der Waals surface area contributed by atoms with Gasteiger partial charge in [0.05, 0.1) is 0 Å². The second-order valence-electron chi connectivity index (χ2n) is 10.7. The van der Waals surface area contributed by atoms with Crippen LogP contribution in [-0.2, 0) is 9.59 Å². The molecule has 0 aromatic rings. The van der Waals surface area contributed by atoms with E-state index in [1.165, 1.54) is 89.9 Å². The fourth-order valence-electron chi connectivity index (χ4n) is 4.18. The number of hydrogen-bond acceptors (Lipinski definition) is 2. The first-order valence-corrected chi connectivity index (χ1v) is 16.6. The summed E-state index contributed by atoms with van der Waals surface area (Å²) in [4.78, 5) is 20.6. The molecule has 0 bridgehead atoms. The molecule has 5 heteroatoms. The Labute approximate surface area is 270 Å². The molecule has 0 rings (SSSR count). The fourth-order valence-corrected chi connectivity index (χ4v) is 4.18. The molecule has 0 aliphatic carbocycles. The number of rotatable bonds is 28. The van der Waals surface area contributed by atoms with Crippen molar-refractivity contribution in [1.29, 1.82) is 0 Å². The van der Waals surface area contributed by atoms with Crippen LogP contribution < -0.4 is 0 Å². The molecule has 0 saturated heterocycles. The summed E-state index contributed by atoms with van der Waals surface area (Å²) in [6.45, 7) is 4.47. The lowest BCUT2D eigenvalue weighted by molar-refractivity contribution is -0.138. The molecule has 0 aromatic heterocycles. The second-order valence-corrected chi connectivity index (χ2v) is 10.7. The molecule has 2 radical (unpaired) electrons. The molecule has 0 amide bonds. The zero-order chi connectivity index (χ0) is 29.8. The van der Waals surface area contributed by atoms with Gasteiger partial charge < -0.3 is 10.2 Å². The van der Waals surface area contributed by atoms with Crippen molar-refractivity contribution in [3.8, 4) is 0 Å². The number of allylic oxidation sites excluding steroid dienone is 8. The van der Waals surface area contributed by atoms with Gasteiger partial charge in [-0.15, -0.1) is 0 Å². The maximum absolute atomic E-state index is 10.3. The Balaban J connectivity index is -0.000000688. The Kier molecular flexibility index (Phi) is 43.9. The van der Waals surface area contributed by atoms with Gasteiger partial charge in [0.25, 0.3) is 0 Å². The molecule has 2 N–H and O–H groups in total. The van der Waals surface area contributed by atoms with Crippen molar-refractivity contribution < 1.29 is 19.8 Å². The van der Waals surface area contributed by atoms with E-state index in [0.717, 1.165) is 51.4 Å². The number of carboxylic acid groups (broad SMARTS) is 2. The van der Waals surface area contributed by atoms with E-state index in [9.17, 15) is 9.59 Å². The van der Waals surface area contributed by atoms with E-state index in [2.05, 4.69) is 62.5 Å². The Morgan fingerprint density at radius 3 is 0.976 bits per heavy atom. The second kappa shape index (κ2) is 40.8. The lowest BCUT2D eigenvalue weighted by Crippen LogP contribution is -1.93. The third-order valence-electron chi connectivity index (χ3n) is 6.68. The molecule has 0 aromatic carbocycles. The lowest BCUT2D eigenvalue weighted by Gasteiger charge is -1.98. The van der Waals surface area contributed by atoms with Crippen LogP contribution in [0.4, 0.5) is 0 Å². The van der Waals surface area contributed by atoms with E-state index >= 15 is 0 Å². The highest BCUT2D eigenvalue weighted by Gasteiger charge is 1.96. The van der Waals surface area contributed by atoms with Crippen LogP contribution in [0.25, 0.3) is 0 Å². The van der Waals surface area contributed by atoms with Gasteiger partial charge in [-0.3, -0.25) is 9.59 Å². The third-order valence-corrected chi connectivity index (χ3v) is 6.68. The summed E-state index contributed by atoms with van der Waals surface area (Å²) < 4.78 is 0. The Bertz CT molecular complexity index is 596. The van der Waals surface area contributed by atoms with Gasteiger partial charge in [0.15, 0.2) is 0 Å². The van der Waals surface area contributed by atoms with Crippen molar-refractivity contribution in [1.82, 2.24) is 0 Å². The molecule has 234 valence electrons. The lowest BCUT2D eigenvalue weighted by atomic mass is 10.1. The van der Waals surface area contributed by atoms with E-state index in [4.69, 9.17) is 10.2 Å². The molecule has 0 atom stereocenters. The Morgan fingerprint density at radius 2 is 0.683 bits per heavy atom. The molecule has 0 spiro atoms. The monoisotopic (exact) mass is 584 g/mol. The maximum atomic E-state index is 10.3. The molecular formula is C36H64MgO4. The van der Waals surface area contributed by atoms with E-state index in [1.807, 2.05) is 0 Å². The molecule has 0 heterocycles. The van der Waals surface area contributed by atoms with Gasteiger partial charge in [-0.05, 0) is 77.0 Å². The predicted molar refractivity (Wildman–Crippen MR) is 180 cm³/mol. The van der Waals surface area contributed by atoms with Gasteiger partial charge in [-0.2, -0.15) is 0 Å². The van der Waals surface area contributed by atoms with Crippen molar-refractivity contribution >= 4 is 35.0 Å². The van der Waals surface area contributed by atoms with Crippen LogP contribution in [0, 0.1) is 0 Å². The third kappa shape index (κ3) is 48.7. The summed E-state index contributed by atoms with van der Waals surface area (Å²) in [5, 5.41) is 17.0. The van der Waals surface area contributed by atoms with E-state index in [1.54, 1.807) is 0 Å². The molecule has 0 fully saturated rings. The highest BCUT2D eigenvalue weighted by atomic mass is 24.3. The van der Waals surface area contributed by atoms with Crippen LogP contribution in [-0.4, -0.2) is 45.2 Å². The normalized spacial score (nSPS) is 11.4. The van der Waals surface area contributed by atoms with Gasteiger partial charge >= 0.3 is 11.9 Å². The molecule has 0 saturated carbocycles. The zero-order valence-corrected chi connectivity index (χ0v) is 28.4. The summed E-state index contributed by atoms with van der Waals surface area (Å²) in [7, 11) is 0. The van der Waals surface area contributed by atoms with Gasteiger partial charge in [0, 0.05) is 35.9 Å². The molecule has 0 aliphatic rings. The largest absolute Gasteiger partial charge is 0.481 e. The summed E-state index contributed by atoms with van der Waals surface area (Å²) in [6, 6.07) is 0. The van der Waals surface area contributed by atoms with Crippen molar-refractivity contribution in [2.24, 2.45) is 0 Å². The van der Waals surface area contributed by atoms with Crippen molar-refractivity contribution in [2.75, 3.05) is 0 Å². The SMILES string of the molecule is CCCCC/C=C\C/C=C\CCCCCCCC(=O)O.CCCCC/C=C\C/C=C\CCCCCCCC(=O)O.[Mg]. The minimum Gasteiger partial charge on any atom is -0.481 e. The van der Waals surface area contributed by atoms with Gasteiger partial charge in [0.2, 0.25) is 0 Å². The average Bonchev–Trinajstić information content (AvgIpc) is 2.93. The standard InChI is InChI=1S/2C18H32O2.Mg/c2*1-2-3-4-5-6-7-8-9-10-11-12-13-14-15-16-17-18(19)20;/h2*6-7,9-10H,2-5,8,11-17H2,1H3,(H,19,20);/b2*7-6-,10-9-;. The quantitative estimate of drug-likeness (QED) is 0.0544. The number of unbranched alkanes of at least 4 members (excludes halogenated alkanes) is 16. The summed E-state index contributed by atoms with van der Waals surface area (Å²) in [5.41, 5.74) is 0. The van der Waals surface area contributed by atoms with Crippen molar-refractivity contribution in [3.63, 3.8) is 0 Å². The van der Waals surface area contributed by atoms with E-state index < -0.39 is 11.9 Å². The summed E-state index contributed by atoms with van der Waals surface area (Å²) >= 11 is 0. The Hall–Kier alpha value is -1.33. The first-order chi connectivity index (χ1) is 19.5. The average molecular weight is 585 g/mol. The molecule has 0 unspecified atom stereocenters. The highest BCUT2D eigenvalue weighted by Crippen LogP contribution is 2.09. The van der Waals surface area contributed by atoms with Crippen LogP contribution in [0.2, 0.25) is 0 Å². The van der Waals surface area contributed by atoms with Gasteiger partial charge in [-0.1, -0.05) is 127 Å². The zero-order valence-electron chi connectivity index (χ0n) is 27.0. The topological polar surface area (TPSA) is 74.6 Å². The maximum Gasteiger partial charge on any atom is 0.303 e. The van der Waals surface area contributed by atoms with Crippen LogP contribution >= 0.6 is 0 Å². The molecule has 0 aliphatic heterocycles.